The first kappa shape index (κ1) is 21.6. The number of hydrogen-bond donors (Lipinski definition) is 2. The molecule has 1 saturated heterocycles. The number of likely N-dealkylation sites (tertiary alicyclic amines) is 1. The summed E-state index contributed by atoms with van der Waals surface area (Å²) < 4.78 is 5.78. The molecule has 2 aliphatic heterocycles. The fourth-order valence-corrected chi connectivity index (χ4v) is 5.96. The van der Waals surface area contributed by atoms with Crippen LogP contribution in [0.25, 0.3) is 0 Å². The fraction of sp³-hybridized carbons (Fsp3) is 0.500. The molecule has 2 amide bonds. The number of nitrogens with zero attached hydrogens (tertiary/aromatic N) is 2. The van der Waals surface area contributed by atoms with E-state index in [4.69, 9.17) is 16.3 Å². The Morgan fingerprint density at radius 2 is 2.10 bits per heavy atom. The molecule has 1 fully saturated rings. The van der Waals surface area contributed by atoms with Crippen molar-refractivity contribution in [1.82, 2.24) is 15.1 Å². The first-order valence-electron chi connectivity index (χ1n) is 9.88. The molecule has 4 rings (SSSR count). The number of carbonyl (C=O) groups is 2. The van der Waals surface area contributed by atoms with Crippen LogP contribution in [0.3, 0.4) is 0 Å². The molecule has 0 aromatic carbocycles. The van der Waals surface area contributed by atoms with E-state index < -0.39 is 6.09 Å². The van der Waals surface area contributed by atoms with Gasteiger partial charge in [0.2, 0.25) is 0 Å². The van der Waals surface area contributed by atoms with Gasteiger partial charge >= 0.3 is 6.09 Å². The minimum absolute atomic E-state index is 0.0804. The van der Waals surface area contributed by atoms with Crippen LogP contribution in [0.2, 0.25) is 4.34 Å². The van der Waals surface area contributed by atoms with E-state index in [1.165, 1.54) is 21.8 Å². The topological polar surface area (TPSA) is 82.1 Å². The summed E-state index contributed by atoms with van der Waals surface area (Å²) in [6.45, 7) is 2.18. The maximum absolute atomic E-state index is 13.2. The van der Waals surface area contributed by atoms with Crippen LogP contribution >= 0.6 is 34.3 Å². The Labute approximate surface area is 188 Å². The molecule has 2 aliphatic rings. The highest BCUT2D eigenvalue weighted by molar-refractivity contribution is 7.17. The van der Waals surface area contributed by atoms with Crippen molar-refractivity contribution in [3.8, 4) is 5.06 Å². The average molecular weight is 470 g/mol. The lowest BCUT2D eigenvalue weighted by atomic mass is 10.1. The van der Waals surface area contributed by atoms with Crippen LogP contribution in [0.4, 0.5) is 4.79 Å². The predicted molar refractivity (Wildman–Crippen MR) is 118 cm³/mol. The fourth-order valence-electron chi connectivity index (χ4n) is 3.94. The zero-order valence-corrected chi connectivity index (χ0v) is 19.0. The van der Waals surface area contributed by atoms with Gasteiger partial charge < -0.3 is 25.0 Å². The molecule has 4 heterocycles. The first-order valence-corrected chi connectivity index (χ1v) is 11.9. The summed E-state index contributed by atoms with van der Waals surface area (Å²) in [7, 11) is 2.11. The van der Waals surface area contributed by atoms with E-state index in [9.17, 15) is 14.7 Å². The van der Waals surface area contributed by atoms with Gasteiger partial charge in [-0.3, -0.25) is 4.79 Å². The number of rotatable bonds is 4. The van der Waals surface area contributed by atoms with Crippen LogP contribution in [0.1, 0.15) is 26.5 Å². The van der Waals surface area contributed by atoms with Gasteiger partial charge in [-0.15, -0.1) is 11.3 Å². The van der Waals surface area contributed by atoms with E-state index in [-0.39, 0.29) is 24.6 Å². The molecule has 2 unspecified atom stereocenters. The third-order valence-corrected chi connectivity index (χ3v) is 7.87. The molecule has 162 valence electrons. The van der Waals surface area contributed by atoms with E-state index in [1.807, 2.05) is 6.07 Å². The summed E-state index contributed by atoms with van der Waals surface area (Å²) in [6.07, 6.45) is 1.80. The first-order chi connectivity index (χ1) is 14.4. The van der Waals surface area contributed by atoms with Gasteiger partial charge in [-0.25, -0.2) is 4.79 Å². The van der Waals surface area contributed by atoms with Crippen molar-refractivity contribution in [3.63, 3.8) is 0 Å². The smallest absolute Gasteiger partial charge is 0.399 e. The van der Waals surface area contributed by atoms with Gasteiger partial charge in [0.15, 0.2) is 5.06 Å². The number of carbonyl (C=O) groups excluding carboxylic acids is 2. The molecule has 0 saturated carbocycles. The van der Waals surface area contributed by atoms with Gasteiger partial charge in [0, 0.05) is 24.5 Å². The predicted octanol–water partition coefficient (Wildman–Crippen LogP) is 2.86. The zero-order chi connectivity index (χ0) is 21.3. The number of aliphatic hydroxyl groups is 1. The molecule has 2 aromatic rings. The molecule has 2 aromatic heterocycles. The Morgan fingerprint density at radius 3 is 2.83 bits per heavy atom. The Hall–Kier alpha value is -1.65. The molecule has 2 atom stereocenters. The molecule has 10 heteroatoms. The van der Waals surface area contributed by atoms with Crippen molar-refractivity contribution in [2.75, 3.05) is 33.3 Å². The third-order valence-electron chi connectivity index (χ3n) is 5.54. The Morgan fingerprint density at radius 1 is 1.30 bits per heavy atom. The van der Waals surface area contributed by atoms with Crippen LogP contribution in [-0.2, 0) is 12.8 Å². The van der Waals surface area contributed by atoms with E-state index in [1.54, 1.807) is 28.4 Å². The lowest BCUT2D eigenvalue weighted by molar-refractivity contribution is 0.0680. The number of fused-ring (bicyclic) bond motifs is 1. The van der Waals surface area contributed by atoms with E-state index in [0.29, 0.717) is 27.2 Å². The Balaban J connectivity index is 1.39. The average Bonchev–Trinajstić information content (AvgIpc) is 3.40. The summed E-state index contributed by atoms with van der Waals surface area (Å²) in [5.41, 5.74) is 1.25. The van der Waals surface area contributed by atoms with Gasteiger partial charge in [-0.1, -0.05) is 22.9 Å². The van der Waals surface area contributed by atoms with E-state index in [2.05, 4.69) is 17.3 Å². The lowest BCUT2D eigenvalue weighted by Crippen LogP contribution is -2.40. The van der Waals surface area contributed by atoms with Crippen molar-refractivity contribution >= 4 is 46.3 Å². The molecular weight excluding hydrogens is 446 g/mol. The molecule has 0 bridgehead atoms. The number of likely N-dealkylation sites (N-methyl/N-ethyl adjacent to an activating group) is 1. The highest BCUT2D eigenvalue weighted by atomic mass is 35.5. The number of thiophene rings is 2. The molecule has 7 nitrogen and oxygen atoms in total. The van der Waals surface area contributed by atoms with E-state index in [0.717, 1.165) is 25.9 Å². The molecule has 0 aliphatic carbocycles. The number of halogens is 1. The summed E-state index contributed by atoms with van der Waals surface area (Å²) >= 11 is 8.58. The van der Waals surface area contributed by atoms with Crippen LogP contribution in [0.5, 0.6) is 5.06 Å². The maximum Gasteiger partial charge on any atom is 0.413 e. The summed E-state index contributed by atoms with van der Waals surface area (Å²) in [6, 6.07) is 4.69. The summed E-state index contributed by atoms with van der Waals surface area (Å²) in [4.78, 5) is 31.3. The van der Waals surface area contributed by atoms with E-state index >= 15 is 0 Å². The monoisotopic (exact) mass is 469 g/mol. The largest absolute Gasteiger partial charge is 0.413 e. The van der Waals surface area contributed by atoms with Crippen molar-refractivity contribution in [2.24, 2.45) is 0 Å². The second-order valence-electron chi connectivity index (χ2n) is 7.68. The van der Waals surface area contributed by atoms with Crippen molar-refractivity contribution in [1.29, 1.82) is 0 Å². The Kier molecular flexibility index (Phi) is 6.64. The number of aliphatic hydroxyl groups excluding tert-OH is 1. The number of nitrogens with one attached hydrogen (secondary N) is 1. The standard InChI is InChI=1S/C20H24ClN3O4S2/c1-23-6-4-12-8-16(29-15(12)5-7-23)19(26)24-10-13(9-14(24)11-25)22-20(27)28-18-3-2-17(21)30-18/h2-3,8,13-14,25H,4-7,9-11H2,1H3,(H,22,27). The summed E-state index contributed by atoms with van der Waals surface area (Å²) in [5, 5.41) is 13.0. The third kappa shape index (κ3) is 4.81. The number of amides is 2. The Bertz CT molecular complexity index is 906. The van der Waals surface area contributed by atoms with Crippen LogP contribution in [0, 0.1) is 0 Å². The molecule has 0 spiro atoms. The SMILES string of the molecule is CN1CCc2cc(C(=O)N3CC(NC(=O)Oc4ccc(Cl)s4)CC3CO)sc2CC1. The second-order valence-corrected chi connectivity index (χ2v) is 10.5. The quantitative estimate of drug-likeness (QED) is 0.719. The molecular formula is C20H24ClN3O4S2. The van der Waals surface area contributed by atoms with Gasteiger partial charge in [0.1, 0.15) is 0 Å². The van der Waals surface area contributed by atoms with Crippen LogP contribution < -0.4 is 10.1 Å². The van der Waals surface area contributed by atoms with Gasteiger partial charge in [0.25, 0.3) is 5.91 Å². The normalized spacial score (nSPS) is 21.9. The minimum atomic E-state index is -0.587. The number of ether oxygens (including phenoxy) is 1. The second kappa shape index (κ2) is 9.23. The molecule has 30 heavy (non-hydrogen) atoms. The summed E-state index contributed by atoms with van der Waals surface area (Å²) in [5.74, 6) is -0.0804. The van der Waals surface area contributed by atoms with Crippen molar-refractivity contribution in [2.45, 2.75) is 31.3 Å². The maximum atomic E-state index is 13.2. The van der Waals surface area contributed by atoms with Crippen LogP contribution in [-0.4, -0.2) is 72.3 Å². The highest BCUT2D eigenvalue weighted by Gasteiger charge is 2.37. The zero-order valence-electron chi connectivity index (χ0n) is 16.6. The molecule has 0 radical (unpaired) electrons. The lowest BCUT2D eigenvalue weighted by Gasteiger charge is -2.22. The van der Waals surface area contributed by atoms with Gasteiger partial charge in [-0.05, 0) is 50.1 Å². The van der Waals surface area contributed by atoms with Crippen LogP contribution in [0.15, 0.2) is 18.2 Å². The number of hydrogen-bond acceptors (Lipinski definition) is 7. The van der Waals surface area contributed by atoms with Crippen molar-refractivity contribution in [3.05, 3.63) is 37.9 Å². The van der Waals surface area contributed by atoms with Gasteiger partial charge in [0.05, 0.1) is 27.9 Å². The molecule has 2 N–H and O–H groups in total. The minimum Gasteiger partial charge on any atom is -0.399 e. The highest BCUT2D eigenvalue weighted by Crippen LogP contribution is 2.30. The van der Waals surface area contributed by atoms with Crippen molar-refractivity contribution < 1.29 is 19.4 Å². The van der Waals surface area contributed by atoms with Gasteiger partial charge in [-0.2, -0.15) is 0 Å².